The minimum Gasteiger partial charge on any atom is -0.497 e. The smallest absolute Gasteiger partial charge is 0.121 e. The van der Waals surface area contributed by atoms with Crippen LogP contribution in [0.3, 0.4) is 0 Å². The Morgan fingerprint density at radius 2 is 2.29 bits per heavy atom. The molecule has 1 aromatic heterocycles. The summed E-state index contributed by atoms with van der Waals surface area (Å²) in [6.07, 6.45) is 1.99. The molecule has 0 radical (unpaired) electrons. The SMILES string of the molecule is CCC(CN)Cc1nc2ccc(OC)cc2[nH]1. The van der Waals surface area contributed by atoms with E-state index in [0.29, 0.717) is 12.5 Å². The van der Waals surface area contributed by atoms with E-state index >= 15 is 0 Å². The van der Waals surface area contributed by atoms with Crippen molar-refractivity contribution >= 4 is 11.0 Å². The van der Waals surface area contributed by atoms with E-state index in [1.807, 2.05) is 18.2 Å². The van der Waals surface area contributed by atoms with Crippen molar-refractivity contribution in [3.63, 3.8) is 0 Å². The lowest BCUT2D eigenvalue weighted by Crippen LogP contribution is -2.16. The molecule has 0 amide bonds. The second-order valence-corrected chi connectivity index (χ2v) is 4.28. The van der Waals surface area contributed by atoms with Gasteiger partial charge in [0.15, 0.2) is 0 Å². The van der Waals surface area contributed by atoms with E-state index in [9.17, 15) is 0 Å². The maximum atomic E-state index is 5.71. The second kappa shape index (κ2) is 5.19. The number of ether oxygens (including phenoxy) is 1. The number of hydrogen-bond donors (Lipinski definition) is 2. The first-order chi connectivity index (χ1) is 8.26. The summed E-state index contributed by atoms with van der Waals surface area (Å²) >= 11 is 0. The van der Waals surface area contributed by atoms with Gasteiger partial charge in [0, 0.05) is 12.5 Å². The third-order valence-electron chi connectivity index (χ3n) is 3.13. The molecule has 2 aromatic rings. The van der Waals surface area contributed by atoms with Crippen LogP contribution in [0.5, 0.6) is 5.75 Å². The van der Waals surface area contributed by atoms with Gasteiger partial charge in [-0.15, -0.1) is 0 Å². The van der Waals surface area contributed by atoms with Crippen LogP contribution in [0, 0.1) is 5.92 Å². The lowest BCUT2D eigenvalue weighted by Gasteiger charge is -2.08. The fraction of sp³-hybridized carbons (Fsp3) is 0.462. The monoisotopic (exact) mass is 233 g/mol. The van der Waals surface area contributed by atoms with E-state index in [1.165, 1.54) is 0 Å². The van der Waals surface area contributed by atoms with Crippen molar-refractivity contribution in [2.45, 2.75) is 19.8 Å². The molecule has 0 spiro atoms. The second-order valence-electron chi connectivity index (χ2n) is 4.28. The van der Waals surface area contributed by atoms with E-state index in [2.05, 4.69) is 16.9 Å². The Morgan fingerprint density at radius 1 is 1.47 bits per heavy atom. The Hall–Kier alpha value is -1.55. The van der Waals surface area contributed by atoms with Crippen molar-refractivity contribution in [2.75, 3.05) is 13.7 Å². The Kier molecular flexibility index (Phi) is 3.64. The minimum atomic E-state index is 0.498. The number of methoxy groups -OCH3 is 1. The molecular weight excluding hydrogens is 214 g/mol. The summed E-state index contributed by atoms with van der Waals surface area (Å²) in [4.78, 5) is 7.88. The van der Waals surface area contributed by atoms with E-state index in [4.69, 9.17) is 10.5 Å². The molecule has 1 atom stereocenters. The summed E-state index contributed by atoms with van der Waals surface area (Å²) in [5.41, 5.74) is 7.71. The van der Waals surface area contributed by atoms with E-state index in [-0.39, 0.29) is 0 Å². The lowest BCUT2D eigenvalue weighted by molar-refractivity contribution is 0.415. The summed E-state index contributed by atoms with van der Waals surface area (Å²) in [5, 5.41) is 0. The van der Waals surface area contributed by atoms with Crippen LogP contribution in [0.1, 0.15) is 19.2 Å². The number of aromatic nitrogens is 2. The van der Waals surface area contributed by atoms with Crippen molar-refractivity contribution in [3.05, 3.63) is 24.0 Å². The molecule has 0 aliphatic heterocycles. The summed E-state index contributed by atoms with van der Waals surface area (Å²) in [6.45, 7) is 2.86. The molecule has 0 aliphatic carbocycles. The molecule has 4 nitrogen and oxygen atoms in total. The van der Waals surface area contributed by atoms with Gasteiger partial charge < -0.3 is 15.5 Å². The van der Waals surface area contributed by atoms with Gasteiger partial charge in [-0.25, -0.2) is 4.98 Å². The average molecular weight is 233 g/mol. The van der Waals surface area contributed by atoms with Gasteiger partial charge in [0.1, 0.15) is 11.6 Å². The van der Waals surface area contributed by atoms with Crippen molar-refractivity contribution in [1.82, 2.24) is 9.97 Å². The summed E-state index contributed by atoms with van der Waals surface area (Å²) < 4.78 is 5.19. The number of nitrogens with two attached hydrogens (primary N) is 1. The molecule has 0 saturated carbocycles. The molecule has 2 rings (SSSR count). The summed E-state index contributed by atoms with van der Waals surface area (Å²) in [7, 11) is 1.67. The number of H-pyrrole nitrogens is 1. The molecule has 0 bridgehead atoms. The molecule has 1 heterocycles. The van der Waals surface area contributed by atoms with Crippen LogP contribution in [0.15, 0.2) is 18.2 Å². The Morgan fingerprint density at radius 3 is 2.94 bits per heavy atom. The molecule has 1 unspecified atom stereocenters. The largest absolute Gasteiger partial charge is 0.497 e. The number of aromatic amines is 1. The number of nitrogens with zero attached hydrogens (tertiary/aromatic N) is 1. The van der Waals surface area contributed by atoms with Crippen molar-refractivity contribution in [1.29, 1.82) is 0 Å². The quantitative estimate of drug-likeness (QED) is 0.831. The van der Waals surface area contributed by atoms with Gasteiger partial charge in [-0.05, 0) is 24.6 Å². The third kappa shape index (κ3) is 2.58. The van der Waals surface area contributed by atoms with Gasteiger partial charge in [0.2, 0.25) is 0 Å². The summed E-state index contributed by atoms with van der Waals surface area (Å²) in [6, 6.07) is 5.86. The molecular formula is C13H19N3O. The number of benzene rings is 1. The van der Waals surface area contributed by atoms with Crippen LogP contribution in [0.2, 0.25) is 0 Å². The highest BCUT2D eigenvalue weighted by Gasteiger charge is 2.09. The predicted molar refractivity (Wildman–Crippen MR) is 69.2 cm³/mol. The zero-order valence-corrected chi connectivity index (χ0v) is 10.4. The molecule has 0 saturated heterocycles. The number of hydrogen-bond acceptors (Lipinski definition) is 3. The van der Waals surface area contributed by atoms with Crippen LogP contribution in [-0.2, 0) is 6.42 Å². The minimum absolute atomic E-state index is 0.498. The van der Waals surface area contributed by atoms with Gasteiger partial charge >= 0.3 is 0 Å². The van der Waals surface area contributed by atoms with E-state index < -0.39 is 0 Å². The highest BCUT2D eigenvalue weighted by atomic mass is 16.5. The highest BCUT2D eigenvalue weighted by Crippen LogP contribution is 2.20. The van der Waals surface area contributed by atoms with E-state index in [0.717, 1.165) is 35.4 Å². The third-order valence-corrected chi connectivity index (χ3v) is 3.13. The normalized spacial score (nSPS) is 12.9. The first-order valence-corrected chi connectivity index (χ1v) is 5.99. The standard InChI is InChI=1S/C13H19N3O/c1-3-9(8-14)6-13-15-11-5-4-10(17-2)7-12(11)16-13/h4-5,7,9H,3,6,8,14H2,1-2H3,(H,15,16). The van der Waals surface area contributed by atoms with Crippen molar-refractivity contribution < 1.29 is 4.74 Å². The zero-order valence-electron chi connectivity index (χ0n) is 10.4. The van der Waals surface area contributed by atoms with Gasteiger partial charge in [-0.2, -0.15) is 0 Å². The topological polar surface area (TPSA) is 63.9 Å². The molecule has 0 aliphatic rings. The van der Waals surface area contributed by atoms with Crippen molar-refractivity contribution in [3.8, 4) is 5.75 Å². The van der Waals surface area contributed by atoms with Crippen LogP contribution < -0.4 is 10.5 Å². The van der Waals surface area contributed by atoms with Crippen molar-refractivity contribution in [2.24, 2.45) is 11.7 Å². The van der Waals surface area contributed by atoms with E-state index in [1.54, 1.807) is 7.11 Å². The highest BCUT2D eigenvalue weighted by molar-refractivity contribution is 5.76. The van der Waals surface area contributed by atoms with Crippen LogP contribution in [-0.4, -0.2) is 23.6 Å². The molecule has 4 heteroatoms. The lowest BCUT2D eigenvalue weighted by atomic mass is 10.0. The Bertz CT molecular complexity index is 488. The molecule has 17 heavy (non-hydrogen) atoms. The molecule has 3 N–H and O–H groups in total. The van der Waals surface area contributed by atoms with Crippen LogP contribution in [0.25, 0.3) is 11.0 Å². The maximum Gasteiger partial charge on any atom is 0.121 e. The average Bonchev–Trinajstić information content (AvgIpc) is 2.76. The number of imidazole rings is 1. The zero-order chi connectivity index (χ0) is 12.3. The predicted octanol–water partition coefficient (Wildman–Crippen LogP) is 2.10. The first-order valence-electron chi connectivity index (χ1n) is 5.99. The maximum absolute atomic E-state index is 5.71. The first kappa shape index (κ1) is 11.9. The van der Waals surface area contributed by atoms with Crippen LogP contribution in [0.4, 0.5) is 0 Å². The van der Waals surface area contributed by atoms with Gasteiger partial charge in [-0.3, -0.25) is 0 Å². The van der Waals surface area contributed by atoms with Gasteiger partial charge in [-0.1, -0.05) is 13.3 Å². The number of fused-ring (bicyclic) bond motifs is 1. The number of nitrogens with one attached hydrogen (secondary N) is 1. The molecule has 92 valence electrons. The van der Waals surface area contributed by atoms with Gasteiger partial charge in [0.25, 0.3) is 0 Å². The fourth-order valence-corrected chi connectivity index (χ4v) is 1.93. The molecule has 1 aromatic carbocycles. The van der Waals surface area contributed by atoms with Crippen LogP contribution >= 0.6 is 0 Å². The van der Waals surface area contributed by atoms with Gasteiger partial charge in [0.05, 0.1) is 18.1 Å². The molecule has 0 fully saturated rings. The fourth-order valence-electron chi connectivity index (χ4n) is 1.93. The Balaban J connectivity index is 2.25. The number of rotatable bonds is 5. The summed E-state index contributed by atoms with van der Waals surface area (Å²) in [5.74, 6) is 2.35. The Labute approximate surface area is 101 Å².